The summed E-state index contributed by atoms with van der Waals surface area (Å²) >= 11 is 6.23. The van der Waals surface area contributed by atoms with E-state index in [0.717, 1.165) is 16.1 Å². The van der Waals surface area contributed by atoms with Crippen molar-refractivity contribution in [2.75, 3.05) is 30.8 Å². The standard InChI is InChI=1S/C30H36ClN3O5S/c1-22(2)19-32-30(36)28(18-23-9-6-5-7-10-23)33(20-24-11-8-12-25(31)17-24)29(35)21-34(40(4,37)38)26-13-15-27(39-3)16-14-26/h5-17,22,28H,18-21H2,1-4H3,(H,32,36). The first-order valence-electron chi connectivity index (χ1n) is 12.9. The molecule has 1 unspecified atom stereocenters. The predicted octanol–water partition coefficient (Wildman–Crippen LogP) is 4.53. The Labute approximate surface area is 241 Å². The molecule has 0 aliphatic carbocycles. The first-order valence-corrected chi connectivity index (χ1v) is 15.2. The van der Waals surface area contributed by atoms with Crippen LogP contribution in [0, 0.1) is 5.92 Å². The summed E-state index contributed by atoms with van der Waals surface area (Å²) in [5, 5.41) is 3.45. The first kappa shape index (κ1) is 31.0. The van der Waals surface area contributed by atoms with Gasteiger partial charge in [0.05, 0.1) is 19.1 Å². The van der Waals surface area contributed by atoms with E-state index in [0.29, 0.717) is 28.6 Å². The lowest BCUT2D eigenvalue weighted by Crippen LogP contribution is -2.53. The summed E-state index contributed by atoms with van der Waals surface area (Å²) in [5.41, 5.74) is 1.89. The van der Waals surface area contributed by atoms with Crippen LogP contribution in [-0.2, 0) is 32.6 Å². The molecule has 10 heteroatoms. The van der Waals surface area contributed by atoms with Crippen molar-refractivity contribution in [3.8, 4) is 5.75 Å². The molecule has 1 atom stereocenters. The van der Waals surface area contributed by atoms with Crippen LogP contribution < -0.4 is 14.4 Å². The van der Waals surface area contributed by atoms with E-state index in [1.807, 2.05) is 50.2 Å². The zero-order valence-electron chi connectivity index (χ0n) is 23.2. The minimum absolute atomic E-state index is 0.0617. The Kier molecular flexibility index (Phi) is 11.0. The van der Waals surface area contributed by atoms with Gasteiger partial charge in [-0.15, -0.1) is 0 Å². The summed E-state index contributed by atoms with van der Waals surface area (Å²) in [7, 11) is -2.34. The van der Waals surface area contributed by atoms with Crippen LogP contribution in [0.15, 0.2) is 78.9 Å². The predicted molar refractivity (Wildman–Crippen MR) is 159 cm³/mol. The van der Waals surface area contributed by atoms with E-state index >= 15 is 0 Å². The Morgan fingerprint density at radius 1 is 0.950 bits per heavy atom. The third kappa shape index (κ3) is 8.99. The van der Waals surface area contributed by atoms with Crippen molar-refractivity contribution in [3.05, 3.63) is 95.0 Å². The average Bonchev–Trinajstić information content (AvgIpc) is 2.92. The van der Waals surface area contributed by atoms with E-state index in [9.17, 15) is 18.0 Å². The first-order chi connectivity index (χ1) is 19.0. The van der Waals surface area contributed by atoms with E-state index in [1.54, 1.807) is 42.5 Å². The van der Waals surface area contributed by atoms with Crippen molar-refractivity contribution in [3.63, 3.8) is 0 Å². The van der Waals surface area contributed by atoms with Crippen LogP contribution in [0.25, 0.3) is 0 Å². The quantitative estimate of drug-likeness (QED) is 0.318. The number of benzene rings is 3. The van der Waals surface area contributed by atoms with Crippen LogP contribution in [0.4, 0.5) is 5.69 Å². The van der Waals surface area contributed by atoms with E-state index in [2.05, 4.69) is 5.32 Å². The molecule has 40 heavy (non-hydrogen) atoms. The number of nitrogens with one attached hydrogen (secondary N) is 1. The Bertz CT molecular complexity index is 1380. The number of anilines is 1. The van der Waals surface area contributed by atoms with Crippen LogP contribution in [-0.4, -0.2) is 57.6 Å². The van der Waals surface area contributed by atoms with Crippen LogP contribution in [0.5, 0.6) is 5.75 Å². The number of methoxy groups -OCH3 is 1. The molecule has 2 amide bonds. The summed E-state index contributed by atoms with van der Waals surface area (Å²) in [4.78, 5) is 29.1. The Morgan fingerprint density at radius 3 is 2.17 bits per heavy atom. The zero-order valence-corrected chi connectivity index (χ0v) is 24.8. The average molecular weight is 586 g/mol. The van der Waals surface area contributed by atoms with Crippen molar-refractivity contribution >= 4 is 39.1 Å². The number of hydrogen-bond donors (Lipinski definition) is 1. The lowest BCUT2D eigenvalue weighted by molar-refractivity contribution is -0.140. The maximum atomic E-state index is 14.0. The summed E-state index contributed by atoms with van der Waals surface area (Å²) in [6.45, 7) is 3.98. The second-order valence-corrected chi connectivity index (χ2v) is 12.3. The Hall–Kier alpha value is -3.56. The van der Waals surface area contributed by atoms with Crippen molar-refractivity contribution in [2.45, 2.75) is 32.9 Å². The van der Waals surface area contributed by atoms with E-state index in [-0.39, 0.29) is 24.8 Å². The molecule has 0 aliphatic heterocycles. The van der Waals surface area contributed by atoms with Gasteiger partial charge in [0, 0.05) is 24.5 Å². The highest BCUT2D eigenvalue weighted by atomic mass is 35.5. The molecule has 3 rings (SSSR count). The fraction of sp³-hybridized carbons (Fsp3) is 0.333. The molecular weight excluding hydrogens is 550 g/mol. The number of ether oxygens (including phenoxy) is 1. The zero-order chi connectivity index (χ0) is 29.3. The number of carbonyl (C=O) groups excluding carboxylic acids is 2. The minimum atomic E-state index is -3.85. The third-order valence-electron chi connectivity index (χ3n) is 6.24. The summed E-state index contributed by atoms with van der Waals surface area (Å²) in [6, 6.07) is 21.9. The van der Waals surface area contributed by atoms with Gasteiger partial charge in [-0.1, -0.05) is 67.9 Å². The molecule has 0 bridgehead atoms. The maximum absolute atomic E-state index is 14.0. The van der Waals surface area contributed by atoms with Gasteiger partial charge in [-0.05, 0) is 53.4 Å². The molecule has 0 saturated heterocycles. The van der Waals surface area contributed by atoms with E-state index in [1.165, 1.54) is 12.0 Å². The highest BCUT2D eigenvalue weighted by Gasteiger charge is 2.33. The molecule has 0 radical (unpaired) electrons. The number of hydrogen-bond acceptors (Lipinski definition) is 5. The topological polar surface area (TPSA) is 96.0 Å². The lowest BCUT2D eigenvalue weighted by atomic mass is 10.0. The number of nitrogens with zero attached hydrogens (tertiary/aromatic N) is 2. The molecule has 0 heterocycles. The van der Waals surface area contributed by atoms with Crippen molar-refractivity contribution in [2.24, 2.45) is 5.92 Å². The maximum Gasteiger partial charge on any atom is 0.244 e. The fourth-order valence-electron chi connectivity index (χ4n) is 4.17. The van der Waals surface area contributed by atoms with Gasteiger partial charge < -0.3 is 15.0 Å². The van der Waals surface area contributed by atoms with Crippen LogP contribution >= 0.6 is 11.6 Å². The number of sulfonamides is 1. The molecule has 0 aliphatic rings. The Balaban J connectivity index is 2.03. The second-order valence-electron chi connectivity index (χ2n) is 9.96. The van der Waals surface area contributed by atoms with E-state index < -0.39 is 28.5 Å². The number of halogens is 1. The lowest BCUT2D eigenvalue weighted by Gasteiger charge is -2.33. The molecule has 1 N–H and O–H groups in total. The van der Waals surface area contributed by atoms with Gasteiger partial charge in [-0.25, -0.2) is 8.42 Å². The van der Waals surface area contributed by atoms with Gasteiger partial charge in [0.2, 0.25) is 21.8 Å². The Morgan fingerprint density at radius 2 is 1.60 bits per heavy atom. The van der Waals surface area contributed by atoms with Crippen LogP contribution in [0.3, 0.4) is 0 Å². The van der Waals surface area contributed by atoms with Crippen molar-refractivity contribution in [1.82, 2.24) is 10.2 Å². The van der Waals surface area contributed by atoms with Gasteiger partial charge >= 0.3 is 0 Å². The fourth-order valence-corrected chi connectivity index (χ4v) is 5.23. The minimum Gasteiger partial charge on any atom is -0.497 e. The van der Waals surface area contributed by atoms with Crippen LogP contribution in [0.1, 0.15) is 25.0 Å². The molecule has 0 spiro atoms. The van der Waals surface area contributed by atoms with Crippen molar-refractivity contribution in [1.29, 1.82) is 0 Å². The molecule has 3 aromatic rings. The van der Waals surface area contributed by atoms with Crippen LogP contribution in [0.2, 0.25) is 5.02 Å². The van der Waals surface area contributed by atoms with Gasteiger partial charge in [-0.3, -0.25) is 13.9 Å². The summed E-state index contributed by atoms with van der Waals surface area (Å²) in [6.07, 6.45) is 1.29. The second kappa shape index (κ2) is 14.2. The largest absolute Gasteiger partial charge is 0.497 e. The molecular formula is C30H36ClN3O5S. The SMILES string of the molecule is COc1ccc(N(CC(=O)N(Cc2cccc(Cl)c2)C(Cc2ccccc2)C(=O)NCC(C)C)S(C)(=O)=O)cc1. The van der Waals surface area contributed by atoms with Gasteiger partial charge in [0.15, 0.2) is 0 Å². The highest BCUT2D eigenvalue weighted by molar-refractivity contribution is 7.92. The van der Waals surface area contributed by atoms with E-state index in [4.69, 9.17) is 16.3 Å². The number of amides is 2. The monoisotopic (exact) mass is 585 g/mol. The molecule has 0 aromatic heterocycles. The van der Waals surface area contributed by atoms with Crippen molar-refractivity contribution < 1.29 is 22.7 Å². The molecule has 0 fully saturated rings. The van der Waals surface area contributed by atoms with Gasteiger partial charge in [-0.2, -0.15) is 0 Å². The third-order valence-corrected chi connectivity index (χ3v) is 7.61. The van der Waals surface area contributed by atoms with Gasteiger partial charge in [0.25, 0.3) is 0 Å². The summed E-state index contributed by atoms with van der Waals surface area (Å²) in [5.74, 6) is -0.0878. The molecule has 0 saturated carbocycles. The molecule has 8 nitrogen and oxygen atoms in total. The molecule has 3 aromatic carbocycles. The highest BCUT2D eigenvalue weighted by Crippen LogP contribution is 2.23. The number of carbonyl (C=O) groups is 2. The number of rotatable bonds is 13. The smallest absolute Gasteiger partial charge is 0.244 e. The molecule has 214 valence electrons. The summed E-state index contributed by atoms with van der Waals surface area (Å²) < 4.78 is 31.9. The van der Waals surface area contributed by atoms with Gasteiger partial charge in [0.1, 0.15) is 18.3 Å². The normalized spacial score (nSPS) is 12.1.